The van der Waals surface area contributed by atoms with Gasteiger partial charge >= 0.3 is 6.80 Å². The summed E-state index contributed by atoms with van der Waals surface area (Å²) in [7, 11) is 1.24. The van der Waals surface area contributed by atoms with Crippen molar-refractivity contribution in [2.24, 2.45) is 0 Å². The van der Waals surface area contributed by atoms with E-state index in [0.29, 0.717) is 5.65 Å². The molecular weight excluding hydrogens is 333 g/mol. The summed E-state index contributed by atoms with van der Waals surface area (Å²) in [5, 5.41) is 0. The minimum Gasteiger partial charge on any atom is -0.369 e. The van der Waals surface area contributed by atoms with Crippen molar-refractivity contribution in [2.45, 2.75) is 13.2 Å². The third kappa shape index (κ3) is 3.87. The predicted octanol–water partition coefficient (Wildman–Crippen LogP) is 0.938. The molecule has 0 aliphatic rings. The monoisotopic (exact) mass is 349 g/mol. The van der Waals surface area contributed by atoms with Crippen LogP contribution in [-0.2, 0) is 18.3 Å². The van der Waals surface area contributed by atoms with E-state index in [9.17, 15) is 9.36 Å². The molecule has 0 aromatic carbocycles. The number of hydrogen-bond donors (Lipinski definition) is 3. The van der Waals surface area contributed by atoms with Gasteiger partial charge in [-0.15, -0.1) is 0 Å². The maximum Gasteiger partial charge on any atom is 0.385 e. The van der Waals surface area contributed by atoms with E-state index >= 15 is 0 Å². The van der Waals surface area contributed by atoms with Gasteiger partial charge in [0.15, 0.2) is 11.2 Å². The molecule has 0 aliphatic heterocycles. The van der Waals surface area contributed by atoms with Gasteiger partial charge in [0, 0.05) is 7.11 Å². The number of aromatic nitrogens is 4. The average molecular weight is 349 g/mol. The number of nitrogens with one attached hydrogen (secondary N) is 1. The van der Waals surface area contributed by atoms with E-state index in [4.69, 9.17) is 15.0 Å². The minimum atomic E-state index is -3.32. The van der Waals surface area contributed by atoms with Crippen LogP contribution in [0.15, 0.2) is 11.1 Å². The van der Waals surface area contributed by atoms with Crippen LogP contribution in [0.5, 0.6) is 0 Å². The van der Waals surface area contributed by atoms with Gasteiger partial charge in [-0.1, -0.05) is 12.2 Å². The molecule has 2 atom stereocenters. The molecule has 2 heterocycles. The third-order valence-corrected chi connectivity index (χ3v) is 4.58. The summed E-state index contributed by atoms with van der Waals surface area (Å²) in [5.74, 6) is -0.00843. The zero-order valence-electron chi connectivity index (χ0n) is 11.9. The maximum atomic E-state index is 11.7. The van der Waals surface area contributed by atoms with E-state index in [1.54, 1.807) is 11.5 Å². The summed E-state index contributed by atoms with van der Waals surface area (Å²) in [6.45, 7) is -1.43. The van der Waals surface area contributed by atoms with Crippen LogP contribution in [-0.4, -0.2) is 39.8 Å². The van der Waals surface area contributed by atoms with Gasteiger partial charge in [0.2, 0.25) is 5.95 Å². The second kappa shape index (κ2) is 6.80. The van der Waals surface area contributed by atoms with Gasteiger partial charge in [0.25, 0.3) is 5.56 Å². The molecule has 2 aromatic rings. The average Bonchev–Trinajstić information content (AvgIpc) is 2.87. The number of ether oxygens (including phenoxy) is 1. The number of hydrogen-bond acceptors (Lipinski definition) is 8. The quantitative estimate of drug-likeness (QED) is 0.382. The molecule has 0 radical (unpaired) electrons. The topological polar surface area (TPSA) is 134 Å². The van der Waals surface area contributed by atoms with E-state index in [-0.39, 0.29) is 24.7 Å². The predicted molar refractivity (Wildman–Crippen MR) is 82.8 cm³/mol. The Kier molecular flexibility index (Phi) is 5.24. The lowest BCUT2D eigenvalue weighted by molar-refractivity contribution is 0.00210. The van der Waals surface area contributed by atoms with Crippen molar-refractivity contribution >= 4 is 36.2 Å². The largest absolute Gasteiger partial charge is 0.385 e. The van der Waals surface area contributed by atoms with Crippen LogP contribution in [0.1, 0.15) is 13.2 Å². The fraction of sp³-hybridized carbons (Fsp3) is 0.500. The smallest absolute Gasteiger partial charge is 0.369 e. The first-order chi connectivity index (χ1) is 10.3. The van der Waals surface area contributed by atoms with Crippen LogP contribution in [0.4, 0.5) is 5.95 Å². The highest BCUT2D eigenvalue weighted by molar-refractivity contribution is 8.44. The van der Waals surface area contributed by atoms with Crippen LogP contribution in [0.3, 0.4) is 0 Å². The molecule has 0 bridgehead atoms. The number of fused-ring (bicyclic) bond motifs is 1. The van der Waals surface area contributed by atoms with E-state index in [1.807, 2.05) is 0 Å². The Balaban J connectivity index is 2.03. The standard InChI is InChI=1S/C10H16N5O5PS/c1-6(19-3-4-20-21(17,22)18-2)15-5-12-7-8(15)13-10(11)14-9(7)16/h5-6H,3-4H2,1-2H3,(H,17,22)(H3,11,13,14,16)/t6-,21?/m1/s1. The molecule has 0 saturated carbocycles. The molecule has 10 nitrogen and oxygen atoms in total. The number of thiol groups is 1. The minimum absolute atomic E-state index is 0.00843. The van der Waals surface area contributed by atoms with Gasteiger partial charge in [0.05, 0.1) is 19.5 Å². The number of nitrogens with two attached hydrogens (primary N) is 1. The van der Waals surface area contributed by atoms with Crippen molar-refractivity contribution in [1.29, 1.82) is 0 Å². The highest BCUT2D eigenvalue weighted by atomic mass is 32.7. The normalized spacial score (nSPS) is 15.8. The van der Waals surface area contributed by atoms with Gasteiger partial charge in [-0.3, -0.25) is 18.9 Å². The fourth-order valence-electron chi connectivity index (χ4n) is 1.71. The van der Waals surface area contributed by atoms with Crippen molar-refractivity contribution in [1.82, 2.24) is 19.5 Å². The van der Waals surface area contributed by atoms with Gasteiger partial charge in [0.1, 0.15) is 6.23 Å². The van der Waals surface area contributed by atoms with Crippen LogP contribution >= 0.6 is 19.0 Å². The number of nitrogen functional groups attached to an aromatic ring is 1. The highest BCUT2D eigenvalue weighted by Crippen LogP contribution is 2.51. The van der Waals surface area contributed by atoms with Crippen molar-refractivity contribution in [3.05, 3.63) is 16.7 Å². The van der Waals surface area contributed by atoms with E-state index in [1.165, 1.54) is 13.4 Å². The SMILES string of the molecule is COP(=O)(S)OCCO[C@H](C)n1cnc2c(=O)[nH]c(N)nc21. The molecule has 0 saturated heterocycles. The van der Waals surface area contributed by atoms with Crippen molar-refractivity contribution in [3.8, 4) is 0 Å². The van der Waals surface area contributed by atoms with E-state index in [0.717, 1.165) is 0 Å². The first-order valence-corrected chi connectivity index (χ1v) is 8.90. The molecule has 0 fully saturated rings. The molecule has 2 aromatic heterocycles. The zero-order chi connectivity index (χ0) is 16.3. The highest BCUT2D eigenvalue weighted by Gasteiger charge is 2.17. The molecule has 0 spiro atoms. The van der Waals surface area contributed by atoms with Crippen molar-refractivity contribution in [2.75, 3.05) is 26.1 Å². The zero-order valence-corrected chi connectivity index (χ0v) is 13.7. The van der Waals surface area contributed by atoms with Crippen LogP contribution in [0, 0.1) is 0 Å². The lowest BCUT2D eigenvalue weighted by atomic mass is 10.5. The lowest BCUT2D eigenvalue weighted by Gasteiger charge is -2.16. The lowest BCUT2D eigenvalue weighted by Crippen LogP contribution is -2.15. The Labute approximate surface area is 130 Å². The Morgan fingerprint density at radius 2 is 2.27 bits per heavy atom. The first-order valence-electron chi connectivity index (χ1n) is 6.21. The summed E-state index contributed by atoms with van der Waals surface area (Å²) in [5.41, 5.74) is 5.57. The Bertz CT molecular complexity index is 762. The van der Waals surface area contributed by atoms with Crippen LogP contribution in [0.2, 0.25) is 0 Å². The van der Waals surface area contributed by atoms with E-state index in [2.05, 4.69) is 31.7 Å². The number of anilines is 1. The van der Waals surface area contributed by atoms with Crippen molar-refractivity contribution < 1.29 is 18.3 Å². The molecule has 2 rings (SSSR count). The Morgan fingerprint density at radius 3 is 2.95 bits per heavy atom. The number of H-pyrrole nitrogens is 1. The molecule has 122 valence electrons. The molecular formula is C10H16N5O5PS. The molecule has 12 heteroatoms. The summed E-state index contributed by atoms with van der Waals surface area (Å²) < 4.78 is 27.9. The summed E-state index contributed by atoms with van der Waals surface area (Å²) in [6, 6.07) is 0. The van der Waals surface area contributed by atoms with Crippen LogP contribution < -0.4 is 11.3 Å². The molecule has 0 amide bonds. The summed E-state index contributed by atoms with van der Waals surface area (Å²) >= 11 is 3.72. The van der Waals surface area contributed by atoms with Crippen LogP contribution in [0.25, 0.3) is 11.2 Å². The van der Waals surface area contributed by atoms with Gasteiger partial charge in [-0.25, -0.2) is 9.55 Å². The molecule has 1 unspecified atom stereocenters. The Hall–Kier alpha value is -1.39. The number of nitrogens with zero attached hydrogens (tertiary/aromatic N) is 3. The number of rotatable bonds is 7. The fourth-order valence-corrected chi connectivity index (χ4v) is 2.37. The second-order valence-corrected chi connectivity index (χ2v) is 7.26. The number of aromatic amines is 1. The second-order valence-electron chi connectivity index (χ2n) is 4.23. The van der Waals surface area contributed by atoms with Crippen molar-refractivity contribution in [3.63, 3.8) is 0 Å². The van der Waals surface area contributed by atoms with Gasteiger partial charge < -0.3 is 15.0 Å². The third-order valence-electron chi connectivity index (χ3n) is 2.77. The van der Waals surface area contributed by atoms with Gasteiger partial charge in [-0.2, -0.15) is 4.98 Å². The molecule has 3 N–H and O–H groups in total. The molecule has 22 heavy (non-hydrogen) atoms. The summed E-state index contributed by atoms with van der Waals surface area (Å²) in [6.07, 6.45) is 0.945. The molecule has 0 aliphatic carbocycles. The maximum absolute atomic E-state index is 11.7. The van der Waals surface area contributed by atoms with Gasteiger partial charge in [-0.05, 0) is 6.92 Å². The van der Waals surface area contributed by atoms with E-state index < -0.39 is 18.6 Å². The first kappa shape index (κ1) is 17.0. The Morgan fingerprint density at radius 1 is 1.55 bits per heavy atom. The summed E-state index contributed by atoms with van der Waals surface area (Å²) in [4.78, 5) is 22.0. The number of imidazole rings is 1.